The molecule has 0 unspecified atom stereocenters. The van der Waals surface area contributed by atoms with E-state index in [1.54, 1.807) is 16.2 Å². The molecule has 4 N–H and O–H groups in total. The summed E-state index contributed by atoms with van der Waals surface area (Å²) >= 11 is 1.56. The van der Waals surface area contributed by atoms with Crippen LogP contribution in [0.25, 0.3) is 21.6 Å². The molecular formula is C66H77F5N12O6S. The maximum absolute atomic E-state index is 16.3. The number of likely N-dealkylation sites (N-methyl/N-ethyl adjacent to an activating group) is 1. The monoisotopic (exact) mass is 1260 g/mol. The molecule has 0 aliphatic carbocycles. The number of piperazine rings is 2. The highest BCUT2D eigenvalue weighted by Gasteiger charge is 2.46. The molecule has 4 aliphatic heterocycles. The first kappa shape index (κ1) is 64.9. The van der Waals surface area contributed by atoms with E-state index in [-0.39, 0.29) is 89.7 Å². The second-order valence-corrected chi connectivity index (χ2v) is 26.2. The number of benzene rings is 4. The molecule has 6 aromatic rings. The highest BCUT2D eigenvalue weighted by atomic mass is 32.1. The number of aromatic nitrogens is 3. The average molecular weight is 1260 g/mol. The van der Waals surface area contributed by atoms with Crippen LogP contribution >= 0.6 is 11.3 Å². The Morgan fingerprint density at radius 1 is 0.756 bits per heavy atom. The third-order valence-electron chi connectivity index (χ3n) is 18.0. The van der Waals surface area contributed by atoms with Crippen molar-refractivity contribution in [3.63, 3.8) is 0 Å². The molecular weight excluding hydrogens is 1180 g/mol. The molecule has 2 aromatic heterocycles. The van der Waals surface area contributed by atoms with Gasteiger partial charge in [0.05, 0.1) is 57.1 Å². The van der Waals surface area contributed by atoms with Crippen molar-refractivity contribution in [3.8, 4) is 21.6 Å². The van der Waals surface area contributed by atoms with E-state index in [4.69, 9.17) is 0 Å². The average Bonchev–Trinajstić information content (AvgIpc) is 0.976. The standard InChI is InChI=1S/C66H77F5N12O6S/c1-38-34-82(35-39(2)78(38)8)55-31-53(68)51(30-54(55)76-61(87)50-18-15-47(67)28-52(50)66(69,70)71)46-32-72-64(73-33-46)81-25-23-80(24-26-81)57(85)27-42-9-16-48(17-10-42)79-21-19-45(20-22-79)60(86)77-59(65(5,6)7)63(89)83-36-49(84)29-56(83)62(88)75-40(3)43-11-13-44(14-12-43)58-41(4)74-37-90-58/h9-18,28,30-33,37-40,45,49,56,59,84H,19-27,29,34-36H2,1-8H3,(H,75,88)(H,76,87)(H,77,86)/t38-,39+,40-,49+,56-,59+/m0/s1. The predicted octanol–water partition coefficient (Wildman–Crippen LogP) is 9.13. The second kappa shape index (κ2) is 26.8. The van der Waals surface area contributed by atoms with E-state index in [0.717, 1.165) is 45.1 Å². The van der Waals surface area contributed by atoms with Gasteiger partial charge in [0.2, 0.25) is 29.6 Å². The number of alkyl halides is 3. The lowest BCUT2D eigenvalue weighted by molar-refractivity contribution is -0.144. The number of thiazole rings is 1. The van der Waals surface area contributed by atoms with Crippen molar-refractivity contribution in [1.29, 1.82) is 0 Å². The predicted molar refractivity (Wildman–Crippen MR) is 336 cm³/mol. The van der Waals surface area contributed by atoms with Crippen molar-refractivity contribution in [2.24, 2.45) is 11.3 Å². The van der Waals surface area contributed by atoms with E-state index >= 15 is 4.39 Å². The van der Waals surface area contributed by atoms with E-state index < -0.39 is 64.4 Å². The maximum Gasteiger partial charge on any atom is 0.417 e. The molecule has 10 rings (SSSR count). The SMILES string of the molecule is Cc1ncsc1-c1ccc([C@H](C)NC(=O)[C@@H]2C[C@@H](O)CN2C(=O)[C@@H](NC(=O)C2CCN(c3ccc(CC(=O)N4CCN(c5ncc(-c6cc(NC(=O)c7ccc(F)cc7C(F)(F)F)c(N7C[C@@H](C)N(C)[C@@H](C)C7)cc6F)cn5)CC4)cc3)CC2)C(C)(C)C)cc1. The summed E-state index contributed by atoms with van der Waals surface area (Å²) in [6.07, 6.45) is -1.73. The highest BCUT2D eigenvalue weighted by Crippen LogP contribution is 2.39. The minimum absolute atomic E-state index is 0.00693. The van der Waals surface area contributed by atoms with Gasteiger partial charge in [0.1, 0.15) is 23.7 Å². The molecule has 4 aliphatic rings. The van der Waals surface area contributed by atoms with Gasteiger partial charge in [-0.3, -0.25) is 28.9 Å². The summed E-state index contributed by atoms with van der Waals surface area (Å²) in [5.74, 6) is -4.07. The number of hydrogen-bond acceptors (Lipinski definition) is 14. The second-order valence-electron chi connectivity index (χ2n) is 25.3. The van der Waals surface area contributed by atoms with Crippen molar-refractivity contribution in [3.05, 3.63) is 136 Å². The molecule has 0 radical (unpaired) electrons. The minimum atomic E-state index is -5.03. The van der Waals surface area contributed by atoms with Crippen LogP contribution in [0, 0.1) is 29.9 Å². The van der Waals surface area contributed by atoms with Crippen molar-refractivity contribution in [2.75, 3.05) is 86.0 Å². The Morgan fingerprint density at radius 3 is 2.02 bits per heavy atom. The summed E-state index contributed by atoms with van der Waals surface area (Å²) in [7, 11) is 1.96. The number of nitrogens with zero attached hydrogens (tertiary/aromatic N) is 9. The molecule has 4 fully saturated rings. The fraction of sp³-hybridized carbons (Fsp3) is 0.455. The van der Waals surface area contributed by atoms with Crippen LogP contribution < -0.4 is 30.7 Å². The minimum Gasteiger partial charge on any atom is -0.391 e. The molecule has 4 aromatic carbocycles. The number of carbonyl (C=O) groups is 5. The number of piperidine rings is 1. The van der Waals surface area contributed by atoms with Gasteiger partial charge in [-0.1, -0.05) is 57.2 Å². The lowest BCUT2D eigenvalue weighted by Crippen LogP contribution is -2.59. The number of aliphatic hydroxyl groups excluding tert-OH is 1. The Kier molecular flexibility index (Phi) is 19.3. The Balaban J connectivity index is 0.704. The number of likely N-dealkylation sites (tertiary alicyclic amines) is 1. The van der Waals surface area contributed by atoms with Crippen LogP contribution in [0.4, 0.5) is 45.0 Å². The largest absolute Gasteiger partial charge is 0.417 e. The lowest BCUT2D eigenvalue weighted by atomic mass is 9.84. The number of carbonyl (C=O) groups excluding carboxylic acids is 5. The van der Waals surface area contributed by atoms with E-state index in [2.05, 4.69) is 40.7 Å². The third-order valence-corrected chi connectivity index (χ3v) is 19.0. The van der Waals surface area contributed by atoms with Gasteiger partial charge in [0.25, 0.3) is 5.91 Å². The Hall–Kier alpha value is -8.09. The fourth-order valence-corrected chi connectivity index (χ4v) is 13.3. The molecule has 6 atom stereocenters. The normalized spacial score (nSPS) is 20.2. The first-order valence-electron chi connectivity index (χ1n) is 30.5. The molecule has 24 heteroatoms. The Labute approximate surface area is 524 Å². The summed E-state index contributed by atoms with van der Waals surface area (Å²) in [6.45, 7) is 17.1. The number of halogens is 5. The number of aliphatic hydroxyl groups is 1. The molecule has 6 heterocycles. The summed E-state index contributed by atoms with van der Waals surface area (Å²) in [5.41, 5.74) is 4.07. The number of aryl methyl sites for hydroxylation is 1. The quantitative estimate of drug-likeness (QED) is 0.0711. The van der Waals surface area contributed by atoms with Crippen LogP contribution in [0.15, 0.2) is 96.8 Å². The third kappa shape index (κ3) is 14.6. The van der Waals surface area contributed by atoms with E-state index in [1.165, 1.54) is 29.4 Å². The summed E-state index contributed by atoms with van der Waals surface area (Å²) in [5, 5.41) is 19.5. The molecule has 90 heavy (non-hydrogen) atoms. The molecule has 0 spiro atoms. The van der Waals surface area contributed by atoms with Crippen LogP contribution in [0.1, 0.15) is 99.6 Å². The smallest absolute Gasteiger partial charge is 0.391 e. The van der Waals surface area contributed by atoms with Crippen LogP contribution in [-0.2, 0) is 31.8 Å². The number of hydrogen-bond donors (Lipinski definition) is 4. The number of nitrogens with one attached hydrogen (secondary N) is 3. The molecule has 0 bridgehead atoms. The van der Waals surface area contributed by atoms with Crippen LogP contribution in [0.5, 0.6) is 0 Å². The van der Waals surface area contributed by atoms with Gasteiger partial charge >= 0.3 is 6.18 Å². The Bertz CT molecular complexity index is 3580. The summed E-state index contributed by atoms with van der Waals surface area (Å²) in [6, 6.07) is 17.9. The Morgan fingerprint density at radius 2 is 1.41 bits per heavy atom. The zero-order valence-electron chi connectivity index (χ0n) is 51.8. The number of amides is 5. The number of β-amino-alcohol motifs (C(OH)–C–C–N with tert-alkyl or cyclic N) is 1. The van der Waals surface area contributed by atoms with E-state index in [1.807, 2.05) is 119 Å². The topological polar surface area (TPSA) is 200 Å². The first-order valence-corrected chi connectivity index (χ1v) is 31.4. The van der Waals surface area contributed by atoms with Crippen LogP contribution in [0.2, 0.25) is 0 Å². The van der Waals surface area contributed by atoms with Gasteiger partial charge in [-0.2, -0.15) is 13.2 Å². The number of anilines is 4. The summed E-state index contributed by atoms with van der Waals surface area (Å²) < 4.78 is 72.4. The van der Waals surface area contributed by atoms with Gasteiger partial charge in [0, 0.05) is 113 Å². The van der Waals surface area contributed by atoms with Gasteiger partial charge < -0.3 is 45.6 Å². The van der Waals surface area contributed by atoms with Crippen molar-refractivity contribution >= 4 is 63.9 Å². The highest BCUT2D eigenvalue weighted by molar-refractivity contribution is 7.13. The zero-order valence-corrected chi connectivity index (χ0v) is 52.6. The fourth-order valence-electron chi connectivity index (χ4n) is 12.5. The molecule has 0 saturated carbocycles. The van der Waals surface area contributed by atoms with Crippen LogP contribution in [0.3, 0.4) is 0 Å². The molecule has 5 amide bonds. The van der Waals surface area contributed by atoms with Crippen LogP contribution in [-0.4, -0.2) is 161 Å². The summed E-state index contributed by atoms with van der Waals surface area (Å²) in [4.78, 5) is 95.3. The van der Waals surface area contributed by atoms with Crippen molar-refractivity contribution < 1.29 is 51.0 Å². The lowest BCUT2D eigenvalue weighted by Gasteiger charge is -2.44. The molecule has 4 saturated heterocycles. The van der Waals surface area contributed by atoms with E-state index in [0.29, 0.717) is 71.1 Å². The molecule has 18 nitrogen and oxygen atoms in total. The zero-order chi connectivity index (χ0) is 64.5. The van der Waals surface area contributed by atoms with Gasteiger partial charge in [-0.15, -0.1) is 11.3 Å². The van der Waals surface area contributed by atoms with Crippen molar-refractivity contribution in [2.45, 2.75) is 117 Å². The van der Waals surface area contributed by atoms with Gasteiger partial charge in [-0.25, -0.2) is 23.7 Å². The van der Waals surface area contributed by atoms with E-state index in [9.17, 15) is 46.6 Å². The van der Waals surface area contributed by atoms with Gasteiger partial charge in [-0.05, 0) is 112 Å². The molecule has 478 valence electrons. The maximum atomic E-state index is 16.3. The number of rotatable bonds is 15. The van der Waals surface area contributed by atoms with Gasteiger partial charge in [0.15, 0.2) is 0 Å². The van der Waals surface area contributed by atoms with Crippen molar-refractivity contribution in [1.82, 2.24) is 40.3 Å². The first-order chi connectivity index (χ1) is 42.7.